The van der Waals surface area contributed by atoms with Gasteiger partial charge in [-0.05, 0) is 12.1 Å². The zero-order valence-electron chi connectivity index (χ0n) is 13.6. The number of carbonyl (C=O) groups excluding carboxylic acids is 1. The van der Waals surface area contributed by atoms with Crippen LogP contribution in [0.1, 0.15) is 18.9 Å². The summed E-state index contributed by atoms with van der Waals surface area (Å²) in [6, 6.07) is 8.21. The first-order valence-electron chi connectivity index (χ1n) is 8.13. The van der Waals surface area contributed by atoms with E-state index >= 15 is 0 Å². The third-order valence-corrected chi connectivity index (χ3v) is 4.18. The van der Waals surface area contributed by atoms with Crippen molar-refractivity contribution in [3.63, 3.8) is 0 Å². The first-order chi connectivity index (χ1) is 11.6. The molecule has 0 bridgehead atoms. The smallest absolute Gasteiger partial charge is 0.220 e. The second kappa shape index (κ2) is 8.81. The molecule has 1 aliphatic heterocycles. The van der Waals surface area contributed by atoms with E-state index in [9.17, 15) is 20.1 Å². The molecular weight excluding hydrogens is 308 g/mol. The highest BCUT2D eigenvalue weighted by molar-refractivity contribution is 5.76. The highest BCUT2D eigenvalue weighted by Crippen LogP contribution is 2.17. The molecule has 130 valence electrons. The van der Waals surface area contributed by atoms with Gasteiger partial charge in [0.2, 0.25) is 5.91 Å². The van der Waals surface area contributed by atoms with Crippen molar-refractivity contribution in [1.29, 1.82) is 0 Å². The Kier molecular flexibility index (Phi) is 6.76. The van der Waals surface area contributed by atoms with Gasteiger partial charge in [-0.15, -0.1) is 0 Å². The maximum Gasteiger partial charge on any atom is 0.220 e. The lowest BCUT2D eigenvalue weighted by Crippen LogP contribution is -2.66. The average molecular weight is 332 g/mol. The van der Waals surface area contributed by atoms with Crippen LogP contribution >= 0.6 is 0 Å². The van der Waals surface area contributed by atoms with Crippen molar-refractivity contribution < 1.29 is 20.1 Å². The maximum atomic E-state index is 11.5. The molecule has 1 aliphatic rings. The van der Waals surface area contributed by atoms with Gasteiger partial charge in [0.05, 0.1) is 30.7 Å². The summed E-state index contributed by atoms with van der Waals surface area (Å²) in [6.07, 6.45) is -1.94. The zero-order valence-corrected chi connectivity index (χ0v) is 13.6. The normalized spacial score (nSPS) is 27.7. The van der Waals surface area contributed by atoms with E-state index in [2.05, 4.69) is 22.5 Å². The number of carbonyl (C=O) groups is 1. The van der Waals surface area contributed by atoms with E-state index in [1.165, 1.54) is 0 Å². The van der Waals surface area contributed by atoms with Crippen LogP contribution in [0.3, 0.4) is 0 Å². The Morgan fingerprint density at radius 2 is 2.04 bits per heavy atom. The summed E-state index contributed by atoms with van der Waals surface area (Å²) >= 11 is 0. The summed E-state index contributed by atoms with van der Waals surface area (Å²) in [5.41, 5.74) is 0.815. The average Bonchev–Trinajstić information content (AvgIpc) is 2.61. The molecule has 6 heteroatoms. The zero-order chi connectivity index (χ0) is 17.5. The second-order valence-electron chi connectivity index (χ2n) is 5.87. The standard InChI is InChI=1S/C18H24N2O4/c1-2-15(22)20-14-10-19-16(18(24)17(14)23)13(11-21)9-8-12-6-4-3-5-7-12/h3-7,13-14,16-19,21,23-24H,2,10-11H2,1H3,(H,20,22)/t13?,14-,16+,17+,18+/m0/s1. The Morgan fingerprint density at radius 3 is 2.67 bits per heavy atom. The topological polar surface area (TPSA) is 102 Å². The molecule has 1 aromatic carbocycles. The van der Waals surface area contributed by atoms with Crippen LogP contribution in [-0.4, -0.2) is 58.7 Å². The molecular formula is C18H24N2O4. The molecule has 0 radical (unpaired) electrons. The lowest BCUT2D eigenvalue weighted by atomic mass is 9.86. The molecule has 1 fully saturated rings. The molecule has 1 heterocycles. The van der Waals surface area contributed by atoms with E-state index in [0.29, 0.717) is 13.0 Å². The van der Waals surface area contributed by atoms with E-state index in [-0.39, 0.29) is 12.5 Å². The Balaban J connectivity index is 2.05. The largest absolute Gasteiger partial charge is 0.395 e. The van der Waals surface area contributed by atoms with Crippen molar-refractivity contribution in [3.05, 3.63) is 35.9 Å². The Hall–Kier alpha value is -1.91. The van der Waals surface area contributed by atoms with Crippen molar-refractivity contribution in [3.8, 4) is 11.8 Å². The molecule has 0 saturated carbocycles. The molecule has 1 saturated heterocycles. The predicted molar refractivity (Wildman–Crippen MR) is 89.9 cm³/mol. The molecule has 24 heavy (non-hydrogen) atoms. The third-order valence-electron chi connectivity index (χ3n) is 4.18. The fourth-order valence-corrected chi connectivity index (χ4v) is 2.73. The number of piperidine rings is 1. The maximum absolute atomic E-state index is 11.5. The van der Waals surface area contributed by atoms with Gasteiger partial charge in [0.1, 0.15) is 6.10 Å². The van der Waals surface area contributed by atoms with Crippen LogP contribution in [0.5, 0.6) is 0 Å². The summed E-state index contributed by atoms with van der Waals surface area (Å²) in [4.78, 5) is 11.5. The molecule has 1 unspecified atom stereocenters. The minimum atomic E-state index is -1.14. The van der Waals surface area contributed by atoms with Crippen LogP contribution in [0, 0.1) is 17.8 Å². The van der Waals surface area contributed by atoms with Crippen molar-refractivity contribution >= 4 is 5.91 Å². The molecule has 0 aliphatic carbocycles. The third kappa shape index (κ3) is 4.56. The Bertz CT molecular complexity index is 596. The van der Waals surface area contributed by atoms with Crippen molar-refractivity contribution in [2.75, 3.05) is 13.2 Å². The van der Waals surface area contributed by atoms with Gasteiger partial charge >= 0.3 is 0 Å². The SMILES string of the molecule is CCC(=O)N[C@H]1CN[C@H](C(C#Cc2ccccc2)CO)[C@@H](O)[C@@H]1O. The summed E-state index contributed by atoms with van der Waals surface area (Å²) in [5, 5.41) is 36.0. The van der Waals surface area contributed by atoms with Gasteiger partial charge in [0.25, 0.3) is 0 Å². The fourth-order valence-electron chi connectivity index (χ4n) is 2.73. The van der Waals surface area contributed by atoms with Crippen molar-refractivity contribution in [1.82, 2.24) is 10.6 Å². The van der Waals surface area contributed by atoms with Crippen LogP contribution in [0.15, 0.2) is 30.3 Å². The molecule has 1 amide bonds. The van der Waals surface area contributed by atoms with Crippen LogP contribution in [0.4, 0.5) is 0 Å². The highest BCUT2D eigenvalue weighted by Gasteiger charge is 2.40. The molecule has 1 aromatic rings. The highest BCUT2D eigenvalue weighted by atomic mass is 16.3. The quantitative estimate of drug-likeness (QED) is 0.466. The number of hydrogen-bond donors (Lipinski definition) is 5. The number of benzene rings is 1. The minimum Gasteiger partial charge on any atom is -0.395 e. The minimum absolute atomic E-state index is 0.186. The van der Waals surface area contributed by atoms with Gasteiger partial charge in [0, 0.05) is 18.5 Å². The van der Waals surface area contributed by atoms with Gasteiger partial charge in [-0.25, -0.2) is 0 Å². The van der Waals surface area contributed by atoms with Crippen LogP contribution in [-0.2, 0) is 4.79 Å². The molecule has 0 aromatic heterocycles. The van der Waals surface area contributed by atoms with Crippen LogP contribution < -0.4 is 10.6 Å². The van der Waals surface area contributed by atoms with Gasteiger partial charge in [0.15, 0.2) is 0 Å². The summed E-state index contributed by atoms with van der Waals surface area (Å²) < 4.78 is 0. The number of aliphatic hydroxyl groups is 3. The number of rotatable bonds is 4. The van der Waals surface area contributed by atoms with Gasteiger partial charge in [-0.1, -0.05) is 37.0 Å². The number of amides is 1. The first kappa shape index (κ1) is 18.4. The molecule has 0 spiro atoms. The van der Waals surface area contributed by atoms with E-state index in [1.807, 2.05) is 30.3 Å². The summed E-state index contributed by atoms with van der Waals surface area (Å²) in [7, 11) is 0. The van der Waals surface area contributed by atoms with Crippen molar-refractivity contribution in [2.45, 2.75) is 37.6 Å². The number of nitrogens with one attached hydrogen (secondary N) is 2. The Morgan fingerprint density at radius 1 is 1.33 bits per heavy atom. The molecule has 6 nitrogen and oxygen atoms in total. The van der Waals surface area contributed by atoms with Gasteiger partial charge in [-0.3, -0.25) is 4.79 Å². The van der Waals surface area contributed by atoms with E-state index in [4.69, 9.17) is 0 Å². The molecule has 2 rings (SSSR count). The molecule has 5 atom stereocenters. The Labute approximate surface area is 141 Å². The number of hydrogen-bond acceptors (Lipinski definition) is 5. The second-order valence-corrected chi connectivity index (χ2v) is 5.87. The summed E-state index contributed by atoms with van der Waals surface area (Å²) in [5.74, 6) is 5.20. The van der Waals surface area contributed by atoms with Crippen molar-refractivity contribution in [2.24, 2.45) is 5.92 Å². The van der Waals surface area contributed by atoms with E-state index in [1.54, 1.807) is 6.92 Å². The van der Waals surface area contributed by atoms with Gasteiger partial charge in [-0.2, -0.15) is 0 Å². The fraction of sp³-hybridized carbons (Fsp3) is 0.500. The van der Waals surface area contributed by atoms with Crippen LogP contribution in [0.25, 0.3) is 0 Å². The predicted octanol–water partition coefficient (Wildman–Crippen LogP) is -0.765. The van der Waals surface area contributed by atoms with E-state index in [0.717, 1.165) is 5.56 Å². The monoisotopic (exact) mass is 332 g/mol. The van der Waals surface area contributed by atoms with Crippen LogP contribution in [0.2, 0.25) is 0 Å². The lowest BCUT2D eigenvalue weighted by molar-refractivity contribution is -0.124. The van der Waals surface area contributed by atoms with Gasteiger partial charge < -0.3 is 26.0 Å². The lowest BCUT2D eigenvalue weighted by Gasteiger charge is -2.40. The number of aliphatic hydroxyl groups excluding tert-OH is 3. The van der Waals surface area contributed by atoms with E-state index < -0.39 is 30.2 Å². The molecule has 5 N–H and O–H groups in total. The first-order valence-corrected chi connectivity index (χ1v) is 8.13. The summed E-state index contributed by atoms with van der Waals surface area (Å²) in [6.45, 7) is 1.78.